The number of ether oxygens (including phenoxy) is 3. The third-order valence-electron chi connectivity index (χ3n) is 6.18. The monoisotopic (exact) mass is 482 g/mol. The molecule has 1 aliphatic heterocycles. The smallest absolute Gasteiger partial charge is 0.338 e. The fourth-order valence-corrected chi connectivity index (χ4v) is 4.60. The van der Waals surface area contributed by atoms with Crippen LogP contribution in [0.15, 0.2) is 103 Å². The number of nitrogens with zero attached hydrogens (tertiary/aromatic N) is 2. The summed E-state index contributed by atoms with van der Waals surface area (Å²) >= 11 is 0. The second kappa shape index (κ2) is 9.34. The summed E-state index contributed by atoms with van der Waals surface area (Å²) in [4.78, 5) is 18.3. The molecule has 2 aromatic heterocycles. The SMILES string of the molecule is COc1cccc(C(C2=C([O-])OC(C)(C)OC2=O)C(c2ccc3ccccc3n2)[n+]2ccccc2)c1. The molecule has 2 aromatic carbocycles. The van der Waals surface area contributed by atoms with Crippen molar-refractivity contribution in [2.24, 2.45) is 0 Å². The fourth-order valence-electron chi connectivity index (χ4n) is 4.60. The molecule has 4 aromatic rings. The molecule has 7 heteroatoms. The first kappa shape index (κ1) is 23.4. The Bertz CT molecular complexity index is 1450. The normalized spacial score (nSPS) is 16.7. The second-order valence-corrected chi connectivity index (χ2v) is 9.04. The molecule has 5 rings (SSSR count). The van der Waals surface area contributed by atoms with Crippen molar-refractivity contribution < 1.29 is 28.7 Å². The zero-order chi connectivity index (χ0) is 25.3. The van der Waals surface area contributed by atoms with Gasteiger partial charge in [0.15, 0.2) is 18.2 Å². The molecule has 1 aliphatic rings. The molecule has 2 unspecified atom stereocenters. The third kappa shape index (κ3) is 4.47. The molecule has 0 radical (unpaired) electrons. The number of carbonyl (C=O) groups excluding carboxylic acids is 1. The Morgan fingerprint density at radius 2 is 1.72 bits per heavy atom. The van der Waals surface area contributed by atoms with E-state index in [-0.39, 0.29) is 5.57 Å². The Kier molecular flexibility index (Phi) is 6.06. The summed E-state index contributed by atoms with van der Waals surface area (Å²) in [6, 6.07) is 24.1. The largest absolute Gasteiger partial charge is 0.575 e. The number of pyridine rings is 2. The molecule has 0 saturated carbocycles. The predicted octanol–water partition coefficient (Wildman–Crippen LogP) is 3.79. The number of hydrogen-bond donors (Lipinski definition) is 0. The summed E-state index contributed by atoms with van der Waals surface area (Å²) in [6.07, 6.45) is 3.78. The molecule has 36 heavy (non-hydrogen) atoms. The Morgan fingerprint density at radius 1 is 0.944 bits per heavy atom. The number of fused-ring (bicyclic) bond motifs is 1. The molecule has 7 nitrogen and oxygen atoms in total. The van der Waals surface area contributed by atoms with Gasteiger partial charge in [0.2, 0.25) is 6.04 Å². The number of aromatic nitrogens is 2. The van der Waals surface area contributed by atoms with Gasteiger partial charge in [-0.1, -0.05) is 42.5 Å². The number of para-hydroxylation sites is 1. The standard InChI is InChI=1S/C29H26N2O5/c1-29(2)35-27(32)25(28(33)36-29)24(20-11-9-12-21(18-20)34-3)26(31-16-7-4-8-17-31)23-15-14-19-10-5-6-13-22(19)30-23/h4-18,24,26H,1-3H3. The number of methoxy groups -OCH3 is 1. The first-order chi connectivity index (χ1) is 17.4. The highest BCUT2D eigenvalue weighted by molar-refractivity contribution is 5.91. The molecule has 0 fully saturated rings. The van der Waals surface area contributed by atoms with Gasteiger partial charge in [-0.2, -0.15) is 4.57 Å². The minimum atomic E-state index is -1.35. The van der Waals surface area contributed by atoms with Gasteiger partial charge in [0.05, 0.1) is 30.1 Å². The van der Waals surface area contributed by atoms with Crippen molar-refractivity contribution in [1.29, 1.82) is 0 Å². The Labute approximate surface area is 209 Å². The predicted molar refractivity (Wildman–Crippen MR) is 131 cm³/mol. The van der Waals surface area contributed by atoms with Crippen molar-refractivity contribution in [3.63, 3.8) is 0 Å². The van der Waals surface area contributed by atoms with Crippen molar-refractivity contribution in [3.05, 3.63) is 114 Å². The van der Waals surface area contributed by atoms with Gasteiger partial charge in [-0.05, 0) is 43.7 Å². The van der Waals surface area contributed by atoms with Crippen molar-refractivity contribution in [1.82, 2.24) is 4.98 Å². The average Bonchev–Trinajstić information content (AvgIpc) is 2.87. The van der Waals surface area contributed by atoms with E-state index in [1.807, 2.05) is 95.8 Å². The van der Waals surface area contributed by atoms with Gasteiger partial charge in [0, 0.05) is 17.5 Å². The highest BCUT2D eigenvalue weighted by Crippen LogP contribution is 2.41. The summed E-state index contributed by atoms with van der Waals surface area (Å²) < 4.78 is 18.5. The van der Waals surface area contributed by atoms with E-state index in [4.69, 9.17) is 19.2 Å². The topological polar surface area (TPSA) is 84.6 Å². The quantitative estimate of drug-likeness (QED) is 0.307. The van der Waals surface area contributed by atoms with E-state index in [1.54, 1.807) is 7.11 Å². The van der Waals surface area contributed by atoms with Gasteiger partial charge in [0.25, 0.3) is 0 Å². The van der Waals surface area contributed by atoms with E-state index in [9.17, 15) is 9.90 Å². The van der Waals surface area contributed by atoms with Crippen LogP contribution >= 0.6 is 0 Å². The molecule has 0 spiro atoms. The fraction of sp³-hybridized carbons (Fsp3) is 0.207. The number of cyclic esters (lactones) is 1. The summed E-state index contributed by atoms with van der Waals surface area (Å²) in [5, 5.41) is 14.3. The van der Waals surface area contributed by atoms with Crippen LogP contribution in [0.1, 0.15) is 37.1 Å². The molecule has 0 aliphatic carbocycles. The van der Waals surface area contributed by atoms with E-state index >= 15 is 0 Å². The molecule has 0 N–H and O–H groups in total. The average molecular weight is 483 g/mol. The molecule has 0 saturated heterocycles. The minimum Gasteiger partial charge on any atom is -0.575 e. The van der Waals surface area contributed by atoms with E-state index in [1.165, 1.54) is 13.8 Å². The van der Waals surface area contributed by atoms with Gasteiger partial charge in [-0.25, -0.2) is 9.78 Å². The molecular formula is C29H26N2O5. The minimum absolute atomic E-state index is 0.0983. The molecule has 0 bridgehead atoms. The number of carbonyl (C=O) groups is 1. The van der Waals surface area contributed by atoms with Crippen LogP contribution in [0.25, 0.3) is 10.9 Å². The zero-order valence-electron chi connectivity index (χ0n) is 20.3. The number of benzene rings is 2. The van der Waals surface area contributed by atoms with Gasteiger partial charge < -0.3 is 19.3 Å². The molecule has 2 atom stereocenters. The maximum absolute atomic E-state index is 13.3. The van der Waals surface area contributed by atoms with Crippen LogP contribution in [0.2, 0.25) is 0 Å². The van der Waals surface area contributed by atoms with Gasteiger partial charge in [-0.15, -0.1) is 0 Å². The van der Waals surface area contributed by atoms with Crippen LogP contribution in [-0.4, -0.2) is 23.9 Å². The lowest BCUT2D eigenvalue weighted by Gasteiger charge is -2.41. The highest BCUT2D eigenvalue weighted by Gasteiger charge is 2.43. The van der Waals surface area contributed by atoms with E-state index < -0.39 is 29.7 Å². The molecule has 182 valence electrons. The third-order valence-corrected chi connectivity index (χ3v) is 6.18. The van der Waals surface area contributed by atoms with Gasteiger partial charge in [-0.3, -0.25) is 0 Å². The molecule has 0 amide bonds. The van der Waals surface area contributed by atoms with Crippen LogP contribution in [0.4, 0.5) is 0 Å². The molecular weight excluding hydrogens is 456 g/mol. The maximum Gasteiger partial charge on any atom is 0.338 e. The van der Waals surface area contributed by atoms with Crippen molar-refractivity contribution in [2.75, 3.05) is 7.11 Å². The van der Waals surface area contributed by atoms with E-state index in [0.29, 0.717) is 17.0 Å². The van der Waals surface area contributed by atoms with Crippen LogP contribution in [-0.2, 0) is 14.3 Å². The lowest BCUT2D eigenvalue weighted by Crippen LogP contribution is -2.48. The lowest BCUT2D eigenvalue weighted by molar-refractivity contribution is -0.716. The summed E-state index contributed by atoms with van der Waals surface area (Å²) in [6.45, 7) is 3.07. The Balaban J connectivity index is 1.79. The summed E-state index contributed by atoms with van der Waals surface area (Å²) in [5.41, 5.74) is 2.07. The number of rotatable bonds is 6. The van der Waals surface area contributed by atoms with E-state index in [0.717, 1.165) is 10.9 Å². The van der Waals surface area contributed by atoms with Crippen LogP contribution in [0.3, 0.4) is 0 Å². The van der Waals surface area contributed by atoms with Crippen LogP contribution in [0.5, 0.6) is 5.75 Å². The van der Waals surface area contributed by atoms with Crippen LogP contribution in [0, 0.1) is 0 Å². The van der Waals surface area contributed by atoms with E-state index in [2.05, 4.69) is 0 Å². The van der Waals surface area contributed by atoms with Crippen molar-refractivity contribution >= 4 is 16.9 Å². The van der Waals surface area contributed by atoms with Gasteiger partial charge >= 0.3 is 5.97 Å². The van der Waals surface area contributed by atoms with Crippen molar-refractivity contribution in [3.8, 4) is 5.75 Å². The first-order valence-corrected chi connectivity index (χ1v) is 11.7. The number of esters is 1. The number of hydrogen-bond acceptors (Lipinski definition) is 6. The summed E-state index contributed by atoms with van der Waals surface area (Å²) in [7, 11) is 1.57. The molecule has 3 heterocycles. The highest BCUT2D eigenvalue weighted by atomic mass is 16.8. The second-order valence-electron chi connectivity index (χ2n) is 9.04. The van der Waals surface area contributed by atoms with Crippen LogP contribution < -0.4 is 14.4 Å². The van der Waals surface area contributed by atoms with Gasteiger partial charge in [0.1, 0.15) is 11.4 Å². The first-order valence-electron chi connectivity index (χ1n) is 11.7. The Hall–Kier alpha value is -4.39. The lowest BCUT2D eigenvalue weighted by atomic mass is 9.82. The zero-order valence-corrected chi connectivity index (χ0v) is 20.3. The van der Waals surface area contributed by atoms with Crippen molar-refractivity contribution in [2.45, 2.75) is 31.6 Å². The Morgan fingerprint density at radius 3 is 2.47 bits per heavy atom. The maximum atomic E-state index is 13.3. The summed E-state index contributed by atoms with van der Waals surface area (Å²) in [5.74, 6) is -2.97.